The van der Waals surface area contributed by atoms with Gasteiger partial charge in [0.15, 0.2) is 6.10 Å². The number of carbonyl (C=O) groups excluding carboxylic acids is 1. The van der Waals surface area contributed by atoms with Crippen molar-refractivity contribution in [3.63, 3.8) is 0 Å². The van der Waals surface area contributed by atoms with Crippen LogP contribution in [0.5, 0.6) is 5.75 Å². The van der Waals surface area contributed by atoms with Crippen LogP contribution in [0.25, 0.3) is 11.3 Å². The van der Waals surface area contributed by atoms with Crippen LogP contribution in [-0.2, 0) is 18.3 Å². The Balaban J connectivity index is 1.56. The molecule has 0 spiro atoms. The van der Waals surface area contributed by atoms with Crippen molar-refractivity contribution < 1.29 is 13.9 Å². The molecular formula is C19H16FN3O2. The van der Waals surface area contributed by atoms with Crippen molar-refractivity contribution in [1.29, 1.82) is 0 Å². The van der Waals surface area contributed by atoms with E-state index in [-0.39, 0.29) is 11.7 Å². The van der Waals surface area contributed by atoms with Crippen molar-refractivity contribution in [2.45, 2.75) is 12.5 Å². The zero-order chi connectivity index (χ0) is 17.4. The van der Waals surface area contributed by atoms with E-state index in [4.69, 9.17) is 4.74 Å². The molecule has 1 unspecified atom stereocenters. The number of halogens is 1. The van der Waals surface area contributed by atoms with Crippen LogP contribution in [0, 0.1) is 5.82 Å². The summed E-state index contributed by atoms with van der Waals surface area (Å²) >= 11 is 0. The van der Waals surface area contributed by atoms with Gasteiger partial charge in [-0.15, -0.1) is 0 Å². The highest BCUT2D eigenvalue weighted by Crippen LogP contribution is 2.30. The first-order valence-corrected chi connectivity index (χ1v) is 7.94. The molecule has 1 atom stereocenters. The molecule has 1 aliphatic heterocycles. The highest BCUT2D eigenvalue weighted by molar-refractivity contribution is 5.97. The van der Waals surface area contributed by atoms with Gasteiger partial charge in [0.1, 0.15) is 23.1 Å². The van der Waals surface area contributed by atoms with E-state index in [1.165, 1.54) is 12.1 Å². The number of nitrogens with one attached hydrogen (secondary N) is 1. The van der Waals surface area contributed by atoms with Crippen LogP contribution in [0.2, 0.25) is 0 Å². The Morgan fingerprint density at radius 2 is 2.00 bits per heavy atom. The molecule has 1 aromatic heterocycles. The largest absolute Gasteiger partial charge is 0.480 e. The fraction of sp³-hybridized carbons (Fsp3) is 0.158. The van der Waals surface area contributed by atoms with Crippen LogP contribution < -0.4 is 10.1 Å². The van der Waals surface area contributed by atoms with E-state index in [1.807, 2.05) is 24.3 Å². The number of carbonyl (C=O) groups is 1. The maximum absolute atomic E-state index is 13.1. The first kappa shape index (κ1) is 15.4. The van der Waals surface area contributed by atoms with Gasteiger partial charge in [0.25, 0.3) is 5.91 Å². The number of benzene rings is 2. The Bertz CT molecular complexity index is 909. The predicted molar refractivity (Wildman–Crippen MR) is 91.8 cm³/mol. The lowest BCUT2D eigenvalue weighted by molar-refractivity contribution is -0.122. The van der Waals surface area contributed by atoms with Crippen LogP contribution >= 0.6 is 0 Å². The number of hydrogen-bond acceptors (Lipinski definition) is 3. The Kier molecular flexibility index (Phi) is 3.72. The highest BCUT2D eigenvalue weighted by atomic mass is 19.1. The Labute approximate surface area is 144 Å². The van der Waals surface area contributed by atoms with Gasteiger partial charge in [-0.25, -0.2) is 9.37 Å². The van der Waals surface area contributed by atoms with Gasteiger partial charge in [0, 0.05) is 19.0 Å². The van der Waals surface area contributed by atoms with Crippen LogP contribution in [-0.4, -0.2) is 21.6 Å². The number of anilines is 1. The minimum atomic E-state index is -0.576. The van der Waals surface area contributed by atoms with E-state index < -0.39 is 6.10 Å². The van der Waals surface area contributed by atoms with Gasteiger partial charge >= 0.3 is 0 Å². The molecule has 1 amide bonds. The number of imidazole rings is 1. The minimum absolute atomic E-state index is 0.233. The average molecular weight is 337 g/mol. The third-order valence-electron chi connectivity index (χ3n) is 4.24. The molecule has 0 bridgehead atoms. The molecule has 0 aliphatic carbocycles. The summed E-state index contributed by atoms with van der Waals surface area (Å²) in [5.74, 6) is 0.744. The van der Waals surface area contributed by atoms with Crippen LogP contribution in [0.15, 0.2) is 54.9 Å². The van der Waals surface area contributed by atoms with E-state index in [9.17, 15) is 9.18 Å². The minimum Gasteiger partial charge on any atom is -0.480 e. The molecule has 0 fully saturated rings. The average Bonchev–Trinajstić information content (AvgIpc) is 3.20. The lowest BCUT2D eigenvalue weighted by Gasteiger charge is -2.13. The Morgan fingerprint density at radius 1 is 1.24 bits per heavy atom. The lowest BCUT2D eigenvalue weighted by Crippen LogP contribution is -2.32. The Hall–Kier alpha value is -3.15. The number of para-hydroxylation sites is 1. The van der Waals surface area contributed by atoms with Crippen molar-refractivity contribution in [2.24, 2.45) is 7.05 Å². The van der Waals surface area contributed by atoms with Crippen molar-refractivity contribution in [1.82, 2.24) is 9.55 Å². The summed E-state index contributed by atoms with van der Waals surface area (Å²) in [5.41, 5.74) is 2.34. The highest BCUT2D eigenvalue weighted by Gasteiger charge is 2.30. The zero-order valence-corrected chi connectivity index (χ0v) is 13.6. The Morgan fingerprint density at radius 3 is 2.76 bits per heavy atom. The molecule has 5 nitrogen and oxygen atoms in total. The number of nitrogens with zero attached hydrogens (tertiary/aromatic N) is 2. The van der Waals surface area contributed by atoms with Crippen molar-refractivity contribution in [2.75, 3.05) is 5.32 Å². The quantitative estimate of drug-likeness (QED) is 0.799. The second kappa shape index (κ2) is 6.05. The summed E-state index contributed by atoms with van der Waals surface area (Å²) in [5, 5.41) is 2.89. The van der Waals surface area contributed by atoms with Gasteiger partial charge in [-0.1, -0.05) is 18.2 Å². The monoisotopic (exact) mass is 337 g/mol. The summed E-state index contributed by atoms with van der Waals surface area (Å²) < 4.78 is 20.6. The van der Waals surface area contributed by atoms with Crippen LogP contribution in [0.4, 0.5) is 10.2 Å². The number of amides is 1. The maximum atomic E-state index is 13.1. The number of aromatic nitrogens is 2. The summed E-state index contributed by atoms with van der Waals surface area (Å²) in [6.45, 7) is 0. The number of ether oxygens (including phenoxy) is 1. The molecule has 25 heavy (non-hydrogen) atoms. The van der Waals surface area contributed by atoms with Gasteiger partial charge in [-0.2, -0.15) is 0 Å². The lowest BCUT2D eigenvalue weighted by atomic mass is 10.1. The molecule has 3 aromatic rings. The van der Waals surface area contributed by atoms with Crippen LogP contribution in [0.3, 0.4) is 0 Å². The second-order valence-electron chi connectivity index (χ2n) is 5.97. The molecule has 2 heterocycles. The van der Waals surface area contributed by atoms with Gasteiger partial charge in [0.2, 0.25) is 0 Å². The molecular weight excluding hydrogens is 321 g/mol. The smallest absolute Gasteiger partial charge is 0.266 e. The molecule has 0 radical (unpaired) electrons. The molecule has 6 heteroatoms. The molecule has 1 aliphatic rings. The van der Waals surface area contributed by atoms with Gasteiger partial charge in [0.05, 0.1) is 6.33 Å². The second-order valence-corrected chi connectivity index (χ2v) is 5.97. The van der Waals surface area contributed by atoms with Gasteiger partial charge in [-0.05, 0) is 35.9 Å². The zero-order valence-electron chi connectivity index (χ0n) is 13.6. The standard InChI is InChI=1S/C19H16FN3O2/c1-23-11-21-17(12-6-8-14(20)9-7-12)18(23)22-19(24)16-10-13-4-2-3-5-15(13)25-16/h2-9,11,16H,10H2,1H3,(H,22,24). The van der Waals surface area contributed by atoms with Crippen molar-refractivity contribution in [3.05, 3.63) is 66.2 Å². The molecule has 2 aromatic carbocycles. The molecule has 0 saturated heterocycles. The maximum Gasteiger partial charge on any atom is 0.266 e. The normalized spacial score (nSPS) is 15.5. The number of rotatable bonds is 3. The number of fused-ring (bicyclic) bond motifs is 1. The van der Waals surface area contributed by atoms with Crippen LogP contribution in [0.1, 0.15) is 5.56 Å². The van der Waals surface area contributed by atoms with Crippen molar-refractivity contribution >= 4 is 11.7 Å². The number of aryl methyl sites for hydroxylation is 1. The summed E-state index contributed by atoms with van der Waals surface area (Å²) in [6.07, 6.45) is 1.57. The summed E-state index contributed by atoms with van der Waals surface area (Å²) in [7, 11) is 1.79. The van der Waals surface area contributed by atoms with E-state index in [1.54, 1.807) is 30.1 Å². The molecule has 126 valence electrons. The van der Waals surface area contributed by atoms with Gasteiger partial charge in [-0.3, -0.25) is 4.79 Å². The van der Waals surface area contributed by atoms with E-state index in [0.29, 0.717) is 17.9 Å². The first-order chi connectivity index (χ1) is 12.1. The SMILES string of the molecule is Cn1cnc(-c2ccc(F)cc2)c1NC(=O)C1Cc2ccccc2O1. The third kappa shape index (κ3) is 2.87. The topological polar surface area (TPSA) is 56.2 Å². The van der Waals surface area contributed by atoms with E-state index in [2.05, 4.69) is 10.3 Å². The van der Waals surface area contributed by atoms with Crippen molar-refractivity contribution in [3.8, 4) is 17.0 Å². The van der Waals surface area contributed by atoms with E-state index in [0.717, 1.165) is 16.9 Å². The van der Waals surface area contributed by atoms with E-state index >= 15 is 0 Å². The fourth-order valence-electron chi connectivity index (χ4n) is 2.92. The molecule has 0 saturated carbocycles. The first-order valence-electron chi connectivity index (χ1n) is 7.94. The predicted octanol–water partition coefficient (Wildman–Crippen LogP) is 3.17. The molecule has 1 N–H and O–H groups in total. The number of hydrogen-bond donors (Lipinski definition) is 1. The van der Waals surface area contributed by atoms with Gasteiger partial charge < -0.3 is 14.6 Å². The fourth-order valence-corrected chi connectivity index (χ4v) is 2.92. The molecule has 4 rings (SSSR count). The summed E-state index contributed by atoms with van der Waals surface area (Å²) in [6, 6.07) is 13.6. The third-order valence-corrected chi connectivity index (χ3v) is 4.24. The summed E-state index contributed by atoms with van der Waals surface area (Å²) in [4.78, 5) is 17.0.